The van der Waals surface area contributed by atoms with Crippen LogP contribution in [0.1, 0.15) is 27.0 Å². The molecule has 0 aliphatic rings. The molecule has 0 radical (unpaired) electrons. The van der Waals surface area contributed by atoms with Crippen molar-refractivity contribution < 1.29 is 9.90 Å². The minimum Gasteiger partial charge on any atom is -0.508 e. The molecule has 3 aromatic rings. The van der Waals surface area contributed by atoms with E-state index in [9.17, 15) is 9.90 Å². The summed E-state index contributed by atoms with van der Waals surface area (Å²) in [5, 5.41) is 13.8. The summed E-state index contributed by atoms with van der Waals surface area (Å²) in [7, 11) is 0. The number of carbonyl (C=O) groups excluding carboxylic acids is 1. The molecule has 25 heavy (non-hydrogen) atoms. The van der Waals surface area contributed by atoms with Gasteiger partial charge in [0.1, 0.15) is 5.75 Å². The Hall–Kier alpha value is -3.40. The van der Waals surface area contributed by atoms with Gasteiger partial charge in [0.25, 0.3) is 5.91 Å². The van der Waals surface area contributed by atoms with Crippen LogP contribution in [0, 0.1) is 6.92 Å². The Labute approximate surface area is 146 Å². The number of amides is 1. The van der Waals surface area contributed by atoms with Gasteiger partial charge < -0.3 is 5.11 Å². The largest absolute Gasteiger partial charge is 0.508 e. The van der Waals surface area contributed by atoms with E-state index in [1.165, 1.54) is 12.1 Å². The van der Waals surface area contributed by atoms with Gasteiger partial charge in [0, 0.05) is 16.7 Å². The third-order valence-electron chi connectivity index (χ3n) is 3.75. The summed E-state index contributed by atoms with van der Waals surface area (Å²) in [6.07, 6.45) is 0. The third kappa shape index (κ3) is 4.12. The number of nitrogens with one attached hydrogen (secondary N) is 1. The van der Waals surface area contributed by atoms with Crippen molar-refractivity contribution in [2.75, 3.05) is 0 Å². The van der Waals surface area contributed by atoms with E-state index in [2.05, 4.69) is 10.5 Å². The lowest BCUT2D eigenvalue weighted by atomic mass is 10.0. The summed E-state index contributed by atoms with van der Waals surface area (Å²) >= 11 is 0. The average Bonchev–Trinajstić information content (AvgIpc) is 2.64. The van der Waals surface area contributed by atoms with Crippen LogP contribution < -0.4 is 5.43 Å². The van der Waals surface area contributed by atoms with E-state index in [1.54, 1.807) is 12.1 Å². The molecule has 0 atom stereocenters. The number of phenols is 1. The van der Waals surface area contributed by atoms with Gasteiger partial charge in [-0.3, -0.25) is 4.79 Å². The van der Waals surface area contributed by atoms with E-state index in [0.29, 0.717) is 11.3 Å². The molecule has 4 nitrogen and oxygen atoms in total. The number of nitrogens with zero attached hydrogens (tertiary/aromatic N) is 1. The van der Waals surface area contributed by atoms with Gasteiger partial charge in [0.15, 0.2) is 0 Å². The fourth-order valence-electron chi connectivity index (χ4n) is 2.42. The maximum absolute atomic E-state index is 12.3. The zero-order valence-electron chi connectivity index (χ0n) is 13.8. The molecule has 0 saturated heterocycles. The van der Waals surface area contributed by atoms with Crippen LogP contribution in [-0.4, -0.2) is 16.7 Å². The number of aromatic hydroxyl groups is 1. The first-order chi connectivity index (χ1) is 12.1. The molecule has 0 unspecified atom stereocenters. The second-order valence-corrected chi connectivity index (χ2v) is 5.68. The predicted molar refractivity (Wildman–Crippen MR) is 98.8 cm³/mol. The Bertz CT molecular complexity index is 901. The summed E-state index contributed by atoms with van der Waals surface area (Å²) in [5.74, 6) is -0.338. The minimum atomic E-state index is -0.378. The summed E-state index contributed by atoms with van der Waals surface area (Å²) in [5.41, 5.74) is 6.57. The maximum atomic E-state index is 12.3. The molecule has 0 aromatic heterocycles. The van der Waals surface area contributed by atoms with Crippen LogP contribution in [0.5, 0.6) is 5.75 Å². The monoisotopic (exact) mass is 330 g/mol. The van der Waals surface area contributed by atoms with Gasteiger partial charge in [0.05, 0.1) is 5.71 Å². The molecule has 2 N–H and O–H groups in total. The van der Waals surface area contributed by atoms with Crippen molar-refractivity contribution in [3.8, 4) is 5.75 Å². The molecule has 0 heterocycles. The minimum absolute atomic E-state index is 0.0402. The number of rotatable bonds is 4. The Balaban J connectivity index is 1.93. The number of phenolic OH excluding ortho intramolecular Hbond substituents is 1. The highest BCUT2D eigenvalue weighted by Gasteiger charge is 2.09. The van der Waals surface area contributed by atoms with Gasteiger partial charge in [-0.25, -0.2) is 5.43 Å². The number of hydrogen-bond donors (Lipinski definition) is 2. The van der Waals surface area contributed by atoms with Crippen molar-refractivity contribution in [2.45, 2.75) is 6.92 Å². The number of carbonyl (C=O) groups is 1. The van der Waals surface area contributed by atoms with Crippen LogP contribution in [-0.2, 0) is 0 Å². The molecule has 4 heteroatoms. The van der Waals surface area contributed by atoms with Crippen LogP contribution in [0.15, 0.2) is 84.0 Å². The van der Waals surface area contributed by atoms with Gasteiger partial charge >= 0.3 is 0 Å². The van der Waals surface area contributed by atoms with Gasteiger partial charge in [-0.2, -0.15) is 5.10 Å². The van der Waals surface area contributed by atoms with Crippen molar-refractivity contribution in [2.24, 2.45) is 5.10 Å². The van der Waals surface area contributed by atoms with Gasteiger partial charge in [-0.05, 0) is 25.1 Å². The highest BCUT2D eigenvalue weighted by molar-refractivity contribution is 6.13. The van der Waals surface area contributed by atoms with Gasteiger partial charge in [-0.15, -0.1) is 0 Å². The van der Waals surface area contributed by atoms with E-state index in [-0.39, 0.29) is 11.7 Å². The summed E-state index contributed by atoms with van der Waals surface area (Å²) in [4.78, 5) is 12.3. The molecule has 0 spiro atoms. The quantitative estimate of drug-likeness (QED) is 0.563. The van der Waals surface area contributed by atoms with E-state index >= 15 is 0 Å². The van der Waals surface area contributed by atoms with Crippen molar-refractivity contribution in [1.82, 2.24) is 5.43 Å². The molecule has 0 bridgehead atoms. The molecule has 124 valence electrons. The highest BCUT2D eigenvalue weighted by atomic mass is 16.3. The SMILES string of the molecule is Cc1ccc(/C(=N/NC(=O)c2cccc(O)c2)c2ccccc2)cc1. The Kier molecular flexibility index (Phi) is 4.90. The molecule has 1 amide bonds. The molecular formula is C21H18N2O2. The van der Waals surface area contributed by atoms with Gasteiger partial charge in [-0.1, -0.05) is 66.2 Å². The Morgan fingerprint density at radius 3 is 2.16 bits per heavy atom. The standard InChI is InChI=1S/C21H18N2O2/c1-15-10-12-17(13-11-15)20(16-6-3-2-4-7-16)22-23-21(25)18-8-5-9-19(24)14-18/h2-14,24H,1H3,(H,23,25)/b22-20+. The van der Waals surface area contributed by atoms with Crippen molar-refractivity contribution in [3.63, 3.8) is 0 Å². The van der Waals surface area contributed by atoms with E-state index in [1.807, 2.05) is 61.5 Å². The molecule has 0 fully saturated rings. The number of hydrogen-bond acceptors (Lipinski definition) is 3. The average molecular weight is 330 g/mol. The first-order valence-electron chi connectivity index (χ1n) is 7.93. The van der Waals surface area contributed by atoms with Crippen LogP contribution in [0.4, 0.5) is 0 Å². The van der Waals surface area contributed by atoms with Crippen LogP contribution in [0.2, 0.25) is 0 Å². The lowest BCUT2D eigenvalue weighted by molar-refractivity contribution is 0.0954. The topological polar surface area (TPSA) is 61.7 Å². The molecule has 3 rings (SSSR count). The second kappa shape index (κ2) is 7.45. The number of aryl methyl sites for hydroxylation is 1. The molecule has 0 aliphatic heterocycles. The molecule has 0 aliphatic carbocycles. The number of hydrazone groups is 1. The fraction of sp³-hybridized carbons (Fsp3) is 0.0476. The summed E-state index contributed by atoms with van der Waals surface area (Å²) in [6.45, 7) is 2.02. The van der Waals surface area contributed by atoms with E-state index < -0.39 is 0 Å². The van der Waals surface area contributed by atoms with Crippen LogP contribution in [0.25, 0.3) is 0 Å². The second-order valence-electron chi connectivity index (χ2n) is 5.68. The van der Waals surface area contributed by atoms with Crippen molar-refractivity contribution >= 4 is 11.6 Å². The normalized spacial score (nSPS) is 11.2. The van der Waals surface area contributed by atoms with E-state index in [0.717, 1.165) is 16.7 Å². The summed E-state index contributed by atoms with van der Waals surface area (Å²) < 4.78 is 0. The lowest BCUT2D eigenvalue weighted by Gasteiger charge is -2.08. The van der Waals surface area contributed by atoms with Crippen molar-refractivity contribution in [3.05, 3.63) is 101 Å². The lowest BCUT2D eigenvalue weighted by Crippen LogP contribution is -2.20. The zero-order valence-corrected chi connectivity index (χ0v) is 13.8. The van der Waals surface area contributed by atoms with Crippen molar-refractivity contribution in [1.29, 1.82) is 0 Å². The third-order valence-corrected chi connectivity index (χ3v) is 3.75. The first-order valence-corrected chi connectivity index (χ1v) is 7.93. The fourth-order valence-corrected chi connectivity index (χ4v) is 2.42. The Morgan fingerprint density at radius 1 is 0.840 bits per heavy atom. The van der Waals surface area contributed by atoms with Crippen LogP contribution in [0.3, 0.4) is 0 Å². The molecular weight excluding hydrogens is 312 g/mol. The number of benzene rings is 3. The van der Waals surface area contributed by atoms with Gasteiger partial charge in [0.2, 0.25) is 0 Å². The first kappa shape index (κ1) is 16.5. The maximum Gasteiger partial charge on any atom is 0.271 e. The molecule has 3 aromatic carbocycles. The zero-order chi connectivity index (χ0) is 17.6. The smallest absolute Gasteiger partial charge is 0.271 e. The van der Waals surface area contributed by atoms with E-state index in [4.69, 9.17) is 0 Å². The summed E-state index contributed by atoms with van der Waals surface area (Å²) in [6, 6.07) is 23.8. The predicted octanol–water partition coefficient (Wildman–Crippen LogP) is 3.88. The Morgan fingerprint density at radius 2 is 1.48 bits per heavy atom. The molecule has 0 saturated carbocycles. The van der Waals surface area contributed by atoms with Crippen LogP contribution >= 0.6 is 0 Å². The highest BCUT2D eigenvalue weighted by Crippen LogP contribution is 2.13.